The van der Waals surface area contributed by atoms with Gasteiger partial charge in [0, 0.05) is 6.04 Å². The fraction of sp³-hybridized carbons (Fsp3) is 0.684. The van der Waals surface area contributed by atoms with Crippen molar-refractivity contribution in [1.82, 2.24) is 5.32 Å². The predicted molar refractivity (Wildman–Crippen MR) is 88.3 cm³/mol. The molecule has 1 aromatic carbocycles. The van der Waals surface area contributed by atoms with Crippen molar-refractivity contribution in [3.8, 4) is 0 Å². The van der Waals surface area contributed by atoms with Gasteiger partial charge in [-0.2, -0.15) is 0 Å². The summed E-state index contributed by atoms with van der Waals surface area (Å²) in [5.74, 6) is 0.803. The molecular formula is C19H31N. The van der Waals surface area contributed by atoms with Crippen LogP contribution in [0.15, 0.2) is 24.3 Å². The van der Waals surface area contributed by atoms with Gasteiger partial charge in [-0.25, -0.2) is 0 Å². The first-order valence-electron chi connectivity index (χ1n) is 8.27. The number of benzene rings is 1. The minimum absolute atomic E-state index is 0.360. The zero-order valence-corrected chi connectivity index (χ0v) is 13.7. The van der Waals surface area contributed by atoms with Crippen LogP contribution >= 0.6 is 0 Å². The SMILES string of the molecule is CNC(CCCC1CCCc2ccccc21)C(C)(C)C. The molecule has 1 nitrogen and oxygen atoms in total. The fourth-order valence-electron chi connectivity index (χ4n) is 3.73. The molecule has 1 aromatic rings. The Balaban J connectivity index is 1.89. The predicted octanol–water partition coefficient (Wildman–Crippen LogP) is 4.91. The lowest BCUT2D eigenvalue weighted by Gasteiger charge is -2.31. The lowest BCUT2D eigenvalue weighted by molar-refractivity contribution is 0.259. The van der Waals surface area contributed by atoms with Gasteiger partial charge >= 0.3 is 0 Å². The highest BCUT2D eigenvalue weighted by atomic mass is 14.9. The Kier molecular flexibility index (Phi) is 5.26. The maximum Gasteiger partial charge on any atom is 0.0113 e. The van der Waals surface area contributed by atoms with Crippen molar-refractivity contribution in [2.24, 2.45) is 5.41 Å². The van der Waals surface area contributed by atoms with E-state index in [0.717, 1.165) is 5.92 Å². The molecular weight excluding hydrogens is 242 g/mol. The first kappa shape index (κ1) is 15.6. The maximum absolute atomic E-state index is 3.50. The fourth-order valence-corrected chi connectivity index (χ4v) is 3.73. The smallest absolute Gasteiger partial charge is 0.0113 e. The quantitative estimate of drug-likeness (QED) is 0.803. The van der Waals surface area contributed by atoms with Gasteiger partial charge in [0.25, 0.3) is 0 Å². The molecule has 0 amide bonds. The van der Waals surface area contributed by atoms with Crippen LogP contribution in [0.25, 0.3) is 0 Å². The van der Waals surface area contributed by atoms with E-state index in [1.807, 2.05) is 0 Å². The van der Waals surface area contributed by atoms with Gasteiger partial charge in [-0.3, -0.25) is 0 Å². The van der Waals surface area contributed by atoms with Crippen molar-refractivity contribution in [3.63, 3.8) is 0 Å². The number of rotatable bonds is 5. The maximum atomic E-state index is 3.50. The van der Waals surface area contributed by atoms with Crippen LogP contribution in [0.2, 0.25) is 0 Å². The van der Waals surface area contributed by atoms with Gasteiger partial charge in [-0.05, 0) is 61.6 Å². The summed E-state index contributed by atoms with van der Waals surface area (Å²) in [5.41, 5.74) is 3.60. The Bertz CT molecular complexity index is 416. The highest BCUT2D eigenvalue weighted by molar-refractivity contribution is 5.32. The highest BCUT2D eigenvalue weighted by Gasteiger charge is 2.24. The molecule has 0 aliphatic heterocycles. The molecule has 0 spiro atoms. The minimum Gasteiger partial charge on any atom is -0.316 e. The topological polar surface area (TPSA) is 12.0 Å². The van der Waals surface area contributed by atoms with Crippen LogP contribution in [0, 0.1) is 5.41 Å². The van der Waals surface area contributed by atoms with Gasteiger partial charge in [0.15, 0.2) is 0 Å². The van der Waals surface area contributed by atoms with Crippen molar-refractivity contribution < 1.29 is 0 Å². The van der Waals surface area contributed by atoms with Crippen molar-refractivity contribution in [2.75, 3.05) is 7.05 Å². The third kappa shape index (κ3) is 3.85. The van der Waals surface area contributed by atoms with Gasteiger partial charge in [-0.1, -0.05) is 51.5 Å². The van der Waals surface area contributed by atoms with Crippen molar-refractivity contribution in [3.05, 3.63) is 35.4 Å². The van der Waals surface area contributed by atoms with E-state index in [0.29, 0.717) is 11.5 Å². The van der Waals surface area contributed by atoms with Gasteiger partial charge in [0.2, 0.25) is 0 Å². The molecule has 0 fully saturated rings. The molecule has 0 saturated heterocycles. The van der Waals surface area contributed by atoms with E-state index in [1.54, 1.807) is 11.1 Å². The molecule has 0 saturated carbocycles. The molecule has 2 atom stereocenters. The van der Waals surface area contributed by atoms with E-state index in [4.69, 9.17) is 0 Å². The van der Waals surface area contributed by atoms with Crippen molar-refractivity contribution in [1.29, 1.82) is 0 Å². The molecule has 0 heterocycles. The summed E-state index contributed by atoms with van der Waals surface area (Å²) in [7, 11) is 2.10. The summed E-state index contributed by atoms with van der Waals surface area (Å²) in [6, 6.07) is 9.72. The number of hydrogen-bond donors (Lipinski definition) is 1. The molecule has 1 aliphatic carbocycles. The highest BCUT2D eigenvalue weighted by Crippen LogP contribution is 2.35. The Hall–Kier alpha value is -0.820. The van der Waals surface area contributed by atoms with Crippen LogP contribution in [0.3, 0.4) is 0 Å². The van der Waals surface area contributed by atoms with Gasteiger partial charge in [0.1, 0.15) is 0 Å². The molecule has 1 aliphatic rings. The number of aryl methyl sites for hydroxylation is 1. The normalized spacial score (nSPS) is 20.5. The summed E-state index contributed by atoms with van der Waals surface area (Å²) >= 11 is 0. The molecule has 1 heteroatoms. The largest absolute Gasteiger partial charge is 0.316 e. The summed E-state index contributed by atoms with van der Waals surface area (Å²) in [4.78, 5) is 0. The molecule has 1 N–H and O–H groups in total. The van der Waals surface area contributed by atoms with E-state index in [9.17, 15) is 0 Å². The number of hydrogen-bond acceptors (Lipinski definition) is 1. The first-order chi connectivity index (χ1) is 9.52. The molecule has 2 unspecified atom stereocenters. The van der Waals surface area contributed by atoms with Crippen LogP contribution in [0.4, 0.5) is 0 Å². The van der Waals surface area contributed by atoms with Crippen LogP contribution in [0.1, 0.15) is 69.9 Å². The van der Waals surface area contributed by atoms with E-state index in [1.165, 1.54) is 38.5 Å². The second-order valence-electron chi connectivity index (χ2n) is 7.43. The van der Waals surface area contributed by atoms with Gasteiger partial charge < -0.3 is 5.32 Å². The Morgan fingerprint density at radius 1 is 1.25 bits per heavy atom. The Morgan fingerprint density at radius 3 is 2.70 bits per heavy atom. The molecule has 0 aromatic heterocycles. The van der Waals surface area contributed by atoms with Crippen LogP contribution in [0.5, 0.6) is 0 Å². The summed E-state index contributed by atoms with van der Waals surface area (Å²) in [5, 5.41) is 3.50. The third-order valence-electron chi connectivity index (χ3n) is 4.93. The average molecular weight is 273 g/mol. The number of fused-ring (bicyclic) bond motifs is 1. The van der Waals surface area contributed by atoms with Gasteiger partial charge in [0.05, 0.1) is 0 Å². The van der Waals surface area contributed by atoms with Crippen molar-refractivity contribution in [2.45, 2.75) is 71.3 Å². The molecule has 2 rings (SSSR count). The second-order valence-corrected chi connectivity index (χ2v) is 7.43. The second kappa shape index (κ2) is 6.76. The minimum atomic E-state index is 0.360. The monoisotopic (exact) mass is 273 g/mol. The van der Waals surface area contributed by atoms with Crippen LogP contribution in [-0.2, 0) is 6.42 Å². The molecule has 0 bridgehead atoms. The van der Waals surface area contributed by atoms with Crippen molar-refractivity contribution >= 4 is 0 Å². The molecule has 112 valence electrons. The first-order valence-corrected chi connectivity index (χ1v) is 8.27. The van der Waals surface area contributed by atoms with E-state index in [2.05, 4.69) is 57.4 Å². The summed E-state index contributed by atoms with van der Waals surface area (Å²) < 4.78 is 0. The van der Waals surface area contributed by atoms with Gasteiger partial charge in [-0.15, -0.1) is 0 Å². The third-order valence-corrected chi connectivity index (χ3v) is 4.93. The average Bonchev–Trinajstić information content (AvgIpc) is 2.42. The lowest BCUT2D eigenvalue weighted by Crippen LogP contribution is -2.37. The molecule has 0 radical (unpaired) electrons. The Labute approximate surface area is 125 Å². The van der Waals surface area contributed by atoms with E-state index in [-0.39, 0.29) is 0 Å². The number of nitrogens with one attached hydrogen (secondary N) is 1. The van der Waals surface area contributed by atoms with E-state index >= 15 is 0 Å². The summed E-state index contributed by atoms with van der Waals surface area (Å²) in [6.07, 6.45) is 8.02. The lowest BCUT2D eigenvalue weighted by atomic mass is 9.78. The zero-order valence-electron chi connectivity index (χ0n) is 13.7. The van der Waals surface area contributed by atoms with E-state index < -0.39 is 0 Å². The zero-order chi connectivity index (χ0) is 14.6. The van der Waals surface area contributed by atoms with Crippen LogP contribution in [-0.4, -0.2) is 13.1 Å². The summed E-state index contributed by atoms with van der Waals surface area (Å²) in [6.45, 7) is 7.01. The molecule has 20 heavy (non-hydrogen) atoms. The Morgan fingerprint density at radius 2 is 2.00 bits per heavy atom. The standard InChI is InChI=1S/C19H31N/c1-19(2,3)18(20-4)14-8-12-16-11-7-10-15-9-5-6-13-17(15)16/h5-6,9,13,16,18,20H,7-8,10-12,14H2,1-4H3. The van der Waals surface area contributed by atoms with Crippen LogP contribution < -0.4 is 5.32 Å².